The molecule has 0 fully saturated rings. The second-order valence-corrected chi connectivity index (χ2v) is 7.44. The third-order valence-corrected chi connectivity index (χ3v) is 5.08. The van der Waals surface area contributed by atoms with Crippen LogP contribution in [0.1, 0.15) is 37.3 Å². The summed E-state index contributed by atoms with van der Waals surface area (Å²) < 4.78 is 6.28. The van der Waals surface area contributed by atoms with E-state index in [1.54, 1.807) is 18.3 Å². The van der Waals surface area contributed by atoms with Crippen molar-refractivity contribution in [3.8, 4) is 0 Å². The zero-order valence-corrected chi connectivity index (χ0v) is 16.2. The van der Waals surface area contributed by atoms with Crippen LogP contribution in [-0.2, 0) is 20.7 Å². The van der Waals surface area contributed by atoms with Crippen molar-refractivity contribution in [1.82, 2.24) is 4.98 Å². The summed E-state index contributed by atoms with van der Waals surface area (Å²) in [6.07, 6.45) is 0.950. The van der Waals surface area contributed by atoms with Crippen LogP contribution in [0.5, 0.6) is 0 Å². The lowest BCUT2D eigenvalue weighted by Gasteiger charge is -2.13. The Morgan fingerprint density at radius 3 is 2.59 bits per heavy atom. The SMILES string of the molecule is CCCC(=O)O[C@@H](C)C(=O)Nc1ccc(Cc2nc3ccccc3s2)cc1. The Bertz CT molecular complexity index is 901. The Hall–Kier alpha value is -2.73. The van der Waals surface area contributed by atoms with E-state index < -0.39 is 6.10 Å². The average Bonchev–Trinajstić information content (AvgIpc) is 3.05. The summed E-state index contributed by atoms with van der Waals surface area (Å²) in [5.41, 5.74) is 2.81. The summed E-state index contributed by atoms with van der Waals surface area (Å²) in [5.74, 6) is -0.690. The van der Waals surface area contributed by atoms with Crippen LogP contribution in [-0.4, -0.2) is 23.0 Å². The number of para-hydroxylation sites is 1. The number of amides is 1. The molecule has 0 bridgehead atoms. The van der Waals surface area contributed by atoms with Gasteiger partial charge in [0, 0.05) is 18.5 Å². The molecule has 1 N–H and O–H groups in total. The topological polar surface area (TPSA) is 68.3 Å². The molecule has 1 atom stereocenters. The molecule has 0 unspecified atom stereocenters. The van der Waals surface area contributed by atoms with E-state index in [0.717, 1.165) is 22.5 Å². The molecule has 1 heterocycles. The molecule has 0 aliphatic carbocycles. The van der Waals surface area contributed by atoms with E-state index in [2.05, 4.69) is 16.4 Å². The second kappa shape index (κ2) is 8.77. The van der Waals surface area contributed by atoms with Crippen molar-refractivity contribution in [2.24, 2.45) is 0 Å². The number of thiazole rings is 1. The predicted molar refractivity (Wildman–Crippen MR) is 108 cm³/mol. The van der Waals surface area contributed by atoms with Crippen LogP contribution in [0.3, 0.4) is 0 Å². The van der Waals surface area contributed by atoms with Crippen molar-refractivity contribution < 1.29 is 14.3 Å². The average molecular weight is 382 g/mol. The maximum atomic E-state index is 12.1. The van der Waals surface area contributed by atoms with Crippen molar-refractivity contribution in [3.63, 3.8) is 0 Å². The van der Waals surface area contributed by atoms with Gasteiger partial charge in [-0.05, 0) is 43.2 Å². The lowest BCUT2D eigenvalue weighted by molar-refractivity contribution is -0.153. The zero-order valence-electron chi connectivity index (χ0n) is 15.4. The number of nitrogens with one attached hydrogen (secondary N) is 1. The first-order valence-corrected chi connectivity index (χ1v) is 9.80. The summed E-state index contributed by atoms with van der Waals surface area (Å²) in [6.45, 7) is 3.46. The summed E-state index contributed by atoms with van der Waals surface area (Å²) in [4.78, 5) is 28.3. The van der Waals surface area contributed by atoms with Crippen molar-refractivity contribution in [3.05, 3.63) is 59.1 Å². The van der Waals surface area contributed by atoms with Gasteiger partial charge in [-0.1, -0.05) is 31.2 Å². The van der Waals surface area contributed by atoms with Gasteiger partial charge >= 0.3 is 5.97 Å². The highest BCUT2D eigenvalue weighted by molar-refractivity contribution is 7.18. The van der Waals surface area contributed by atoms with Gasteiger partial charge in [0.15, 0.2) is 6.10 Å². The monoisotopic (exact) mass is 382 g/mol. The van der Waals surface area contributed by atoms with Gasteiger partial charge in [0.25, 0.3) is 5.91 Å². The van der Waals surface area contributed by atoms with Gasteiger partial charge in [-0.3, -0.25) is 9.59 Å². The number of rotatable bonds is 7. The molecule has 5 nitrogen and oxygen atoms in total. The predicted octanol–water partition coefficient (Wildman–Crippen LogP) is 4.56. The van der Waals surface area contributed by atoms with Crippen LogP contribution in [0.4, 0.5) is 5.69 Å². The zero-order chi connectivity index (χ0) is 19.2. The summed E-state index contributed by atoms with van der Waals surface area (Å²) in [5, 5.41) is 3.83. The second-order valence-electron chi connectivity index (χ2n) is 6.32. The Kier molecular flexibility index (Phi) is 6.19. The number of hydrogen-bond donors (Lipinski definition) is 1. The number of nitrogens with zero attached hydrogens (tertiary/aromatic N) is 1. The molecular weight excluding hydrogens is 360 g/mol. The van der Waals surface area contributed by atoms with Gasteiger partial charge < -0.3 is 10.1 Å². The van der Waals surface area contributed by atoms with Crippen LogP contribution >= 0.6 is 11.3 Å². The van der Waals surface area contributed by atoms with Crippen LogP contribution in [0.15, 0.2) is 48.5 Å². The number of fused-ring (bicyclic) bond motifs is 1. The van der Waals surface area contributed by atoms with Crippen LogP contribution < -0.4 is 5.32 Å². The quantitative estimate of drug-likeness (QED) is 0.608. The molecule has 0 saturated carbocycles. The first-order chi connectivity index (χ1) is 13.0. The van der Waals surface area contributed by atoms with E-state index in [9.17, 15) is 9.59 Å². The number of aromatic nitrogens is 1. The molecule has 2 aromatic carbocycles. The highest BCUT2D eigenvalue weighted by Gasteiger charge is 2.17. The van der Waals surface area contributed by atoms with Gasteiger partial charge in [-0.25, -0.2) is 4.98 Å². The van der Waals surface area contributed by atoms with Gasteiger partial charge in [0.2, 0.25) is 0 Å². The molecule has 27 heavy (non-hydrogen) atoms. The highest BCUT2D eigenvalue weighted by atomic mass is 32.1. The third-order valence-electron chi connectivity index (χ3n) is 4.05. The van der Waals surface area contributed by atoms with Gasteiger partial charge in [-0.2, -0.15) is 0 Å². The fourth-order valence-corrected chi connectivity index (χ4v) is 3.64. The van der Waals surface area contributed by atoms with Crippen molar-refractivity contribution in [1.29, 1.82) is 0 Å². The molecule has 0 aliphatic rings. The van der Waals surface area contributed by atoms with E-state index in [4.69, 9.17) is 4.74 Å². The molecule has 1 amide bonds. The van der Waals surface area contributed by atoms with E-state index >= 15 is 0 Å². The molecular formula is C21H22N2O3S. The van der Waals surface area contributed by atoms with E-state index in [1.165, 1.54) is 4.70 Å². The number of ether oxygens (including phenoxy) is 1. The number of esters is 1. The number of hydrogen-bond acceptors (Lipinski definition) is 5. The maximum Gasteiger partial charge on any atom is 0.306 e. The third kappa shape index (κ3) is 5.14. The largest absolute Gasteiger partial charge is 0.453 e. The van der Waals surface area contributed by atoms with Crippen molar-refractivity contribution in [2.45, 2.75) is 39.2 Å². The van der Waals surface area contributed by atoms with E-state index in [0.29, 0.717) is 18.5 Å². The van der Waals surface area contributed by atoms with Crippen molar-refractivity contribution in [2.75, 3.05) is 5.32 Å². The Balaban J connectivity index is 1.58. The summed E-state index contributed by atoms with van der Waals surface area (Å²) in [7, 11) is 0. The van der Waals surface area contributed by atoms with Crippen LogP contribution in [0.2, 0.25) is 0 Å². The molecule has 3 aromatic rings. The summed E-state index contributed by atoms with van der Waals surface area (Å²) >= 11 is 1.69. The van der Waals surface area contributed by atoms with Gasteiger partial charge in [-0.15, -0.1) is 11.3 Å². The van der Waals surface area contributed by atoms with E-state index in [1.807, 2.05) is 49.4 Å². The summed E-state index contributed by atoms with van der Waals surface area (Å²) in [6, 6.07) is 15.7. The highest BCUT2D eigenvalue weighted by Crippen LogP contribution is 2.24. The van der Waals surface area contributed by atoms with Crippen LogP contribution in [0, 0.1) is 0 Å². The van der Waals surface area contributed by atoms with Crippen LogP contribution in [0.25, 0.3) is 10.2 Å². The lowest BCUT2D eigenvalue weighted by Crippen LogP contribution is -2.29. The minimum atomic E-state index is -0.813. The first kappa shape index (κ1) is 19.0. The fourth-order valence-electron chi connectivity index (χ4n) is 2.63. The van der Waals surface area contributed by atoms with Gasteiger partial charge in [0.05, 0.1) is 15.2 Å². The van der Waals surface area contributed by atoms with E-state index in [-0.39, 0.29) is 11.9 Å². The molecule has 140 valence electrons. The minimum absolute atomic E-state index is 0.318. The molecule has 3 rings (SSSR count). The Morgan fingerprint density at radius 2 is 1.89 bits per heavy atom. The fraction of sp³-hybridized carbons (Fsp3) is 0.286. The molecule has 6 heteroatoms. The molecule has 0 radical (unpaired) electrons. The Labute approximate surface area is 162 Å². The first-order valence-electron chi connectivity index (χ1n) is 8.99. The maximum absolute atomic E-state index is 12.1. The standard InChI is InChI=1S/C21H22N2O3S/c1-3-6-20(24)26-14(2)21(25)22-16-11-9-15(10-12-16)13-19-23-17-7-4-5-8-18(17)27-19/h4-5,7-12,14H,3,6,13H2,1-2H3,(H,22,25)/t14-/m0/s1. The minimum Gasteiger partial charge on any atom is -0.453 e. The normalized spacial score (nSPS) is 11.9. The number of carbonyl (C=O) groups is 2. The lowest BCUT2D eigenvalue weighted by atomic mass is 10.1. The molecule has 0 spiro atoms. The number of anilines is 1. The smallest absolute Gasteiger partial charge is 0.306 e. The number of benzene rings is 2. The molecule has 0 aliphatic heterocycles. The Morgan fingerprint density at radius 1 is 1.15 bits per heavy atom. The number of carbonyl (C=O) groups excluding carboxylic acids is 2. The van der Waals surface area contributed by atoms with Crippen molar-refractivity contribution >= 4 is 39.1 Å². The molecule has 0 saturated heterocycles. The molecule has 1 aromatic heterocycles. The van der Waals surface area contributed by atoms with Gasteiger partial charge in [0.1, 0.15) is 0 Å².